The van der Waals surface area contributed by atoms with Gasteiger partial charge < -0.3 is 21.7 Å². The lowest BCUT2D eigenvalue weighted by molar-refractivity contribution is -0.141. The number of anilines is 2. The minimum absolute atomic E-state index is 0.0613. The third kappa shape index (κ3) is 4.40. The van der Waals surface area contributed by atoms with Gasteiger partial charge in [-0.05, 0) is 47.2 Å². The first-order valence-corrected chi connectivity index (χ1v) is 8.89. The molecule has 7 heteroatoms. The van der Waals surface area contributed by atoms with E-state index in [1.165, 1.54) is 12.1 Å². The lowest BCUT2D eigenvalue weighted by Crippen LogP contribution is -2.23. The van der Waals surface area contributed by atoms with Gasteiger partial charge in [-0.1, -0.05) is 38.8 Å². The number of aryl methyl sites for hydroxylation is 2. The molecule has 0 heterocycles. The molecule has 0 radical (unpaired) electrons. The van der Waals surface area contributed by atoms with Crippen molar-refractivity contribution in [2.75, 3.05) is 11.5 Å². The van der Waals surface area contributed by atoms with Crippen molar-refractivity contribution in [1.82, 2.24) is 0 Å². The lowest BCUT2D eigenvalue weighted by Gasteiger charge is -2.24. The van der Waals surface area contributed by atoms with E-state index in [0.717, 1.165) is 12.1 Å². The van der Waals surface area contributed by atoms with Crippen LogP contribution in [0.3, 0.4) is 0 Å². The molecule has 0 bridgehead atoms. The predicted octanol–water partition coefficient (Wildman–Crippen LogP) is 4.86. The Hall–Kier alpha value is -2.57. The highest BCUT2D eigenvalue weighted by atomic mass is 19.4. The van der Waals surface area contributed by atoms with Crippen molar-refractivity contribution < 1.29 is 23.4 Å². The number of phenols is 2. The normalized spacial score (nSPS) is 11.9. The summed E-state index contributed by atoms with van der Waals surface area (Å²) in [6, 6.07) is 4.98. The molecule has 0 saturated carbocycles. The van der Waals surface area contributed by atoms with E-state index in [9.17, 15) is 23.4 Å². The molecule has 2 rings (SSSR count). The molecule has 0 aliphatic heterocycles. The molecule has 0 saturated heterocycles. The summed E-state index contributed by atoms with van der Waals surface area (Å²) in [6.45, 7) is 3.72. The topological polar surface area (TPSA) is 92.5 Å². The number of hydrogen-bond acceptors (Lipinski definition) is 4. The molecule has 148 valence electrons. The second-order valence-electron chi connectivity index (χ2n) is 6.71. The largest absolute Gasteiger partial charge is 0.506 e. The quantitative estimate of drug-likeness (QED) is 0.424. The number of benzene rings is 2. The number of halogens is 3. The zero-order chi connectivity index (χ0) is 20.4. The first kappa shape index (κ1) is 20.7. The summed E-state index contributed by atoms with van der Waals surface area (Å²) in [5.74, 6) is -2.33. The molecule has 6 N–H and O–H groups in total. The van der Waals surface area contributed by atoms with Gasteiger partial charge in [-0.2, -0.15) is 13.2 Å². The Bertz CT molecular complexity index is 758. The van der Waals surface area contributed by atoms with Gasteiger partial charge in [0.1, 0.15) is 17.4 Å². The van der Waals surface area contributed by atoms with Gasteiger partial charge in [-0.3, -0.25) is 0 Å². The van der Waals surface area contributed by atoms with Crippen molar-refractivity contribution in [1.29, 1.82) is 0 Å². The van der Waals surface area contributed by atoms with Gasteiger partial charge in [0.2, 0.25) is 0 Å². The van der Waals surface area contributed by atoms with Crippen LogP contribution >= 0.6 is 0 Å². The Morgan fingerprint density at radius 3 is 1.48 bits per heavy atom. The zero-order valence-corrected chi connectivity index (χ0v) is 15.4. The van der Waals surface area contributed by atoms with Crippen molar-refractivity contribution in [3.8, 4) is 11.5 Å². The summed E-state index contributed by atoms with van der Waals surface area (Å²) in [7, 11) is 0. The van der Waals surface area contributed by atoms with Crippen molar-refractivity contribution in [3.05, 3.63) is 46.5 Å². The third-order valence-electron chi connectivity index (χ3n) is 4.51. The summed E-state index contributed by atoms with van der Waals surface area (Å²) in [6.07, 6.45) is -2.47. The van der Waals surface area contributed by atoms with Gasteiger partial charge in [0.15, 0.2) is 0 Å². The van der Waals surface area contributed by atoms with E-state index in [2.05, 4.69) is 0 Å². The number of nitrogen functional groups attached to an aromatic ring is 2. The van der Waals surface area contributed by atoms with Gasteiger partial charge in [0.05, 0.1) is 11.4 Å². The Labute approximate surface area is 156 Å². The molecule has 0 aromatic heterocycles. The van der Waals surface area contributed by atoms with E-state index in [1.807, 2.05) is 13.8 Å². The maximum Gasteiger partial charge on any atom is 0.399 e. The van der Waals surface area contributed by atoms with Crippen LogP contribution in [0.2, 0.25) is 0 Å². The van der Waals surface area contributed by atoms with Crippen LogP contribution in [-0.4, -0.2) is 16.4 Å². The fourth-order valence-corrected chi connectivity index (χ4v) is 3.31. The minimum atomic E-state index is -4.60. The molecule has 0 aliphatic carbocycles. The van der Waals surface area contributed by atoms with Gasteiger partial charge >= 0.3 is 6.18 Å². The second kappa shape index (κ2) is 7.98. The summed E-state index contributed by atoms with van der Waals surface area (Å²) < 4.78 is 42.0. The van der Waals surface area contributed by atoms with Crippen LogP contribution < -0.4 is 11.5 Å². The second-order valence-corrected chi connectivity index (χ2v) is 6.71. The fourth-order valence-electron chi connectivity index (χ4n) is 3.31. The molecule has 2 aromatic rings. The Morgan fingerprint density at radius 2 is 1.19 bits per heavy atom. The van der Waals surface area contributed by atoms with E-state index in [1.54, 1.807) is 0 Å². The number of hydrogen-bond donors (Lipinski definition) is 4. The standard InChI is InChI=1S/C20H25F3N2O2/c1-3-5-11-7-13(9-15(24)18(11)26)17(20(21,22)23)14-8-12(6-4-2)19(27)16(25)10-14/h7-10,17,26-27H,3-6,24-25H2,1-2H3. The van der Waals surface area contributed by atoms with E-state index >= 15 is 0 Å². The van der Waals surface area contributed by atoms with Crippen LogP contribution in [0.4, 0.5) is 24.5 Å². The lowest BCUT2D eigenvalue weighted by atomic mass is 9.86. The molecule has 0 unspecified atom stereocenters. The highest BCUT2D eigenvalue weighted by molar-refractivity contribution is 5.62. The Kier molecular flexibility index (Phi) is 6.13. The van der Waals surface area contributed by atoms with Crippen molar-refractivity contribution >= 4 is 11.4 Å². The van der Waals surface area contributed by atoms with Crippen LogP contribution in [0.1, 0.15) is 54.9 Å². The zero-order valence-electron chi connectivity index (χ0n) is 15.4. The average molecular weight is 382 g/mol. The molecule has 0 atom stereocenters. The average Bonchev–Trinajstić information content (AvgIpc) is 2.56. The molecule has 27 heavy (non-hydrogen) atoms. The van der Waals surface area contributed by atoms with Gasteiger partial charge in [0, 0.05) is 0 Å². The maximum absolute atomic E-state index is 14.0. The number of nitrogens with two attached hydrogens (primary N) is 2. The van der Waals surface area contributed by atoms with Gasteiger partial charge in [-0.25, -0.2) is 0 Å². The van der Waals surface area contributed by atoms with E-state index < -0.39 is 12.1 Å². The minimum Gasteiger partial charge on any atom is -0.506 e. The highest BCUT2D eigenvalue weighted by Crippen LogP contribution is 2.44. The summed E-state index contributed by atoms with van der Waals surface area (Å²) in [5, 5.41) is 20.1. The van der Waals surface area contributed by atoms with Crippen molar-refractivity contribution in [2.45, 2.75) is 51.6 Å². The third-order valence-corrected chi connectivity index (χ3v) is 4.51. The van der Waals surface area contributed by atoms with Gasteiger partial charge in [0.25, 0.3) is 0 Å². The Balaban J connectivity index is 2.68. The smallest absolute Gasteiger partial charge is 0.399 e. The first-order chi connectivity index (χ1) is 12.6. The van der Waals surface area contributed by atoms with E-state index in [-0.39, 0.29) is 34.0 Å². The molecular weight excluding hydrogens is 357 g/mol. The SMILES string of the molecule is CCCc1cc(C(c2cc(N)c(O)c(CCC)c2)C(F)(F)F)cc(N)c1O. The molecule has 2 aromatic carbocycles. The molecule has 0 aliphatic rings. The van der Waals surface area contributed by atoms with Crippen LogP contribution in [0.15, 0.2) is 24.3 Å². The molecular formula is C20H25F3N2O2. The van der Waals surface area contributed by atoms with Crippen LogP contribution in [0.25, 0.3) is 0 Å². The number of aromatic hydroxyl groups is 2. The highest BCUT2D eigenvalue weighted by Gasteiger charge is 2.42. The maximum atomic E-state index is 14.0. The summed E-state index contributed by atoms with van der Waals surface area (Å²) in [4.78, 5) is 0. The van der Waals surface area contributed by atoms with Crippen LogP contribution in [0.5, 0.6) is 11.5 Å². The number of rotatable bonds is 6. The summed E-state index contributed by atoms with van der Waals surface area (Å²) >= 11 is 0. The van der Waals surface area contributed by atoms with Crippen molar-refractivity contribution in [2.24, 2.45) is 0 Å². The predicted molar refractivity (Wildman–Crippen MR) is 101 cm³/mol. The molecule has 4 nitrogen and oxygen atoms in total. The van der Waals surface area contributed by atoms with Crippen molar-refractivity contribution in [3.63, 3.8) is 0 Å². The number of alkyl halides is 3. The number of phenolic OH excluding ortho intramolecular Hbond substituents is 2. The van der Waals surface area contributed by atoms with E-state index in [0.29, 0.717) is 36.8 Å². The van der Waals surface area contributed by atoms with Crippen LogP contribution in [0, 0.1) is 0 Å². The van der Waals surface area contributed by atoms with Crippen LogP contribution in [-0.2, 0) is 12.8 Å². The first-order valence-electron chi connectivity index (χ1n) is 8.89. The molecule has 0 fully saturated rings. The fraction of sp³-hybridized carbons (Fsp3) is 0.400. The molecule has 0 spiro atoms. The Morgan fingerprint density at radius 1 is 0.815 bits per heavy atom. The summed E-state index contributed by atoms with van der Waals surface area (Å²) in [5.41, 5.74) is 12.0. The molecule has 0 amide bonds. The monoisotopic (exact) mass is 382 g/mol. The van der Waals surface area contributed by atoms with E-state index in [4.69, 9.17) is 11.5 Å². The van der Waals surface area contributed by atoms with Gasteiger partial charge in [-0.15, -0.1) is 0 Å².